The Morgan fingerprint density at radius 1 is 1.00 bits per heavy atom. The molecule has 0 radical (unpaired) electrons. The molecule has 0 bridgehead atoms. The van der Waals surface area contributed by atoms with Crippen molar-refractivity contribution in [2.75, 3.05) is 0 Å². The molecule has 1 heterocycles. The van der Waals surface area contributed by atoms with E-state index in [4.69, 9.17) is 0 Å². The molecule has 0 unspecified atom stereocenters. The van der Waals surface area contributed by atoms with Gasteiger partial charge in [-0.1, -0.05) is 0 Å². The van der Waals surface area contributed by atoms with Crippen LogP contribution in [0.3, 0.4) is 0 Å². The van der Waals surface area contributed by atoms with Crippen LogP contribution in [0.2, 0.25) is 0 Å². The Bertz CT molecular complexity index is 605. The summed E-state index contributed by atoms with van der Waals surface area (Å²) in [4.78, 5) is 29.6. The summed E-state index contributed by atoms with van der Waals surface area (Å²) in [6, 6.07) is 0. The second-order valence-corrected chi connectivity index (χ2v) is 5.87. The number of rotatable bonds is 2. The lowest BCUT2D eigenvalue weighted by atomic mass is 9.85. The normalized spacial score (nSPS) is 16.9. The molecule has 1 aliphatic rings. The Labute approximate surface area is 110 Å². The number of aromatic nitrogens is 1. The second-order valence-electron chi connectivity index (χ2n) is 4.55. The van der Waals surface area contributed by atoms with Crippen LogP contribution in [0.25, 0.3) is 0 Å². The highest BCUT2D eigenvalue weighted by atomic mass is 32.1. The number of hydrogen-bond donors (Lipinski definition) is 0. The minimum atomic E-state index is -0.0182. The van der Waals surface area contributed by atoms with Crippen LogP contribution in [-0.2, 0) is 16.0 Å². The molecule has 0 amide bonds. The monoisotopic (exact) mass is 261 g/mol. The molecule has 0 fully saturated rings. The summed E-state index contributed by atoms with van der Waals surface area (Å²) in [7, 11) is 0. The molecule has 4 heteroatoms. The van der Waals surface area contributed by atoms with Crippen LogP contribution in [0, 0.1) is 6.92 Å². The highest BCUT2D eigenvalue weighted by Gasteiger charge is 2.28. The predicted octanol–water partition coefficient (Wildman–Crippen LogP) is 2.80. The van der Waals surface area contributed by atoms with Crippen LogP contribution in [0.5, 0.6) is 0 Å². The van der Waals surface area contributed by atoms with E-state index < -0.39 is 0 Å². The molecule has 3 nitrogen and oxygen atoms in total. The van der Waals surface area contributed by atoms with E-state index in [1.807, 2.05) is 6.92 Å². The van der Waals surface area contributed by atoms with Gasteiger partial charge in [-0.2, -0.15) is 0 Å². The van der Waals surface area contributed by atoms with Crippen molar-refractivity contribution in [1.29, 1.82) is 0 Å². The van der Waals surface area contributed by atoms with E-state index in [2.05, 4.69) is 4.98 Å². The fourth-order valence-electron chi connectivity index (χ4n) is 2.00. The number of Topliss-reactive ketones (excluding diaryl/α,β-unsaturated/α-hetero) is 2. The summed E-state index contributed by atoms with van der Waals surface area (Å²) >= 11 is 1.56. The van der Waals surface area contributed by atoms with Gasteiger partial charge in [0.1, 0.15) is 0 Å². The molecule has 0 N–H and O–H groups in total. The predicted molar refractivity (Wildman–Crippen MR) is 71.6 cm³/mol. The summed E-state index contributed by atoms with van der Waals surface area (Å²) in [6.45, 7) is 7.13. The van der Waals surface area contributed by atoms with E-state index >= 15 is 0 Å². The highest BCUT2D eigenvalue weighted by molar-refractivity contribution is 7.11. The fraction of sp³-hybridized carbons (Fsp3) is 0.357. The van der Waals surface area contributed by atoms with Crippen LogP contribution in [0.1, 0.15) is 30.7 Å². The topological polar surface area (TPSA) is 47.0 Å². The lowest BCUT2D eigenvalue weighted by Gasteiger charge is -2.17. The molecule has 0 aromatic carbocycles. The average Bonchev–Trinajstić information content (AvgIpc) is 2.75. The SMILES string of the molecule is CC1=C(C)C(=O)C(Cc2ncc(C)s2)=C(C)C1=O. The molecule has 0 saturated carbocycles. The lowest BCUT2D eigenvalue weighted by Crippen LogP contribution is -2.21. The molecular formula is C14H15NO2S. The first-order valence-electron chi connectivity index (χ1n) is 5.79. The summed E-state index contributed by atoms with van der Waals surface area (Å²) < 4.78 is 0. The molecule has 2 rings (SSSR count). The standard InChI is InChI=1S/C14H15NO2S/c1-7-6-15-12(18-7)5-11-10(4)13(16)8(2)9(3)14(11)17/h6H,5H2,1-4H3. The highest BCUT2D eigenvalue weighted by Crippen LogP contribution is 2.27. The van der Waals surface area contributed by atoms with Crippen molar-refractivity contribution < 1.29 is 9.59 Å². The summed E-state index contributed by atoms with van der Waals surface area (Å²) in [5.74, 6) is -0.0344. The third kappa shape index (κ3) is 2.08. The van der Waals surface area contributed by atoms with Gasteiger partial charge in [-0.3, -0.25) is 9.59 Å². The number of thiazole rings is 1. The summed E-state index contributed by atoms with van der Waals surface area (Å²) in [5, 5.41) is 0.885. The molecule has 1 aromatic heterocycles. The van der Waals surface area contributed by atoms with Crippen LogP contribution in [0.15, 0.2) is 28.5 Å². The molecular weight excluding hydrogens is 246 g/mol. The zero-order valence-electron chi connectivity index (χ0n) is 11.0. The van der Waals surface area contributed by atoms with Gasteiger partial charge in [-0.25, -0.2) is 4.98 Å². The lowest BCUT2D eigenvalue weighted by molar-refractivity contribution is -0.116. The molecule has 18 heavy (non-hydrogen) atoms. The van der Waals surface area contributed by atoms with Crippen LogP contribution >= 0.6 is 11.3 Å². The number of ketones is 2. The van der Waals surface area contributed by atoms with Gasteiger partial charge in [-0.05, 0) is 27.7 Å². The Balaban J connectivity index is 2.38. The van der Waals surface area contributed by atoms with Gasteiger partial charge in [0.05, 0.1) is 5.01 Å². The average molecular weight is 261 g/mol. The number of aryl methyl sites for hydroxylation is 1. The molecule has 0 spiro atoms. The minimum absolute atomic E-state index is 0.0162. The Kier molecular flexibility index (Phi) is 3.30. The van der Waals surface area contributed by atoms with Crippen molar-refractivity contribution in [3.63, 3.8) is 0 Å². The first-order chi connectivity index (χ1) is 8.41. The fourth-order valence-corrected chi connectivity index (χ4v) is 2.80. The van der Waals surface area contributed by atoms with E-state index in [9.17, 15) is 9.59 Å². The zero-order valence-corrected chi connectivity index (χ0v) is 11.8. The Morgan fingerprint density at radius 2 is 1.61 bits per heavy atom. The van der Waals surface area contributed by atoms with E-state index in [0.717, 1.165) is 9.88 Å². The van der Waals surface area contributed by atoms with Crippen molar-refractivity contribution >= 4 is 22.9 Å². The van der Waals surface area contributed by atoms with E-state index in [-0.39, 0.29) is 11.6 Å². The quantitative estimate of drug-likeness (QED) is 0.769. The number of hydrogen-bond acceptors (Lipinski definition) is 4. The van der Waals surface area contributed by atoms with E-state index in [0.29, 0.717) is 28.7 Å². The smallest absolute Gasteiger partial charge is 0.185 e. The Morgan fingerprint density at radius 3 is 2.17 bits per heavy atom. The zero-order chi connectivity index (χ0) is 13.4. The third-order valence-corrected chi connectivity index (χ3v) is 4.22. The van der Waals surface area contributed by atoms with Gasteiger partial charge in [0.15, 0.2) is 11.6 Å². The first kappa shape index (κ1) is 12.9. The molecule has 1 aromatic rings. The van der Waals surface area contributed by atoms with E-state index in [1.54, 1.807) is 38.3 Å². The Hall–Kier alpha value is -1.55. The number of carbonyl (C=O) groups is 2. The maximum absolute atomic E-state index is 12.2. The van der Waals surface area contributed by atoms with Gasteiger partial charge in [0.25, 0.3) is 0 Å². The first-order valence-corrected chi connectivity index (χ1v) is 6.61. The molecule has 0 aliphatic heterocycles. The van der Waals surface area contributed by atoms with Gasteiger partial charge in [0.2, 0.25) is 0 Å². The van der Waals surface area contributed by atoms with Crippen molar-refractivity contribution in [2.24, 2.45) is 0 Å². The van der Waals surface area contributed by atoms with Crippen LogP contribution < -0.4 is 0 Å². The van der Waals surface area contributed by atoms with Crippen molar-refractivity contribution in [3.05, 3.63) is 38.4 Å². The maximum Gasteiger partial charge on any atom is 0.185 e. The third-order valence-electron chi connectivity index (χ3n) is 3.31. The van der Waals surface area contributed by atoms with Gasteiger partial charge < -0.3 is 0 Å². The van der Waals surface area contributed by atoms with Gasteiger partial charge in [-0.15, -0.1) is 11.3 Å². The number of nitrogens with zero attached hydrogens (tertiary/aromatic N) is 1. The van der Waals surface area contributed by atoms with Gasteiger partial charge >= 0.3 is 0 Å². The van der Waals surface area contributed by atoms with Crippen LogP contribution in [0.4, 0.5) is 0 Å². The molecule has 1 aliphatic carbocycles. The van der Waals surface area contributed by atoms with Crippen molar-refractivity contribution in [3.8, 4) is 0 Å². The minimum Gasteiger partial charge on any atom is -0.289 e. The molecule has 0 atom stereocenters. The second kappa shape index (κ2) is 4.61. The maximum atomic E-state index is 12.2. The number of allylic oxidation sites excluding steroid dienone is 4. The number of carbonyl (C=O) groups excluding carboxylic acids is 2. The van der Waals surface area contributed by atoms with Crippen LogP contribution in [-0.4, -0.2) is 16.6 Å². The van der Waals surface area contributed by atoms with Crippen molar-refractivity contribution in [2.45, 2.75) is 34.1 Å². The molecule has 0 saturated heterocycles. The summed E-state index contributed by atoms with van der Waals surface area (Å²) in [5.41, 5.74) is 2.29. The molecule has 94 valence electrons. The largest absolute Gasteiger partial charge is 0.289 e. The van der Waals surface area contributed by atoms with Gasteiger partial charge in [0, 0.05) is 39.8 Å². The van der Waals surface area contributed by atoms with Crippen molar-refractivity contribution in [1.82, 2.24) is 4.98 Å². The summed E-state index contributed by atoms with van der Waals surface area (Å²) in [6.07, 6.45) is 2.25. The van der Waals surface area contributed by atoms with E-state index in [1.165, 1.54) is 0 Å².